The number of alkyl halides is 3. The quantitative estimate of drug-likeness (QED) is 0.492. The smallest absolute Gasteiger partial charge is 0.417 e. The van der Waals surface area contributed by atoms with Gasteiger partial charge in [0.25, 0.3) is 0 Å². The summed E-state index contributed by atoms with van der Waals surface area (Å²) in [4.78, 5) is 35.1. The molecule has 0 bridgehead atoms. The third-order valence-electron chi connectivity index (χ3n) is 9.79. The zero-order valence-electron chi connectivity index (χ0n) is 25.5. The van der Waals surface area contributed by atoms with Crippen LogP contribution >= 0.6 is 0 Å². The Labute approximate surface area is 260 Å². The van der Waals surface area contributed by atoms with Crippen LogP contribution in [0.2, 0.25) is 0 Å². The van der Waals surface area contributed by atoms with Crippen LogP contribution in [-0.4, -0.2) is 92.0 Å². The normalized spacial score (nSPS) is 28.0. The molecule has 5 atom stereocenters. The van der Waals surface area contributed by atoms with Gasteiger partial charge in [-0.05, 0) is 54.5 Å². The Bertz CT molecular complexity index is 1390. The maximum atomic E-state index is 14.5. The number of fused-ring (bicyclic) bond motifs is 2. The second kappa shape index (κ2) is 12.8. The van der Waals surface area contributed by atoms with Gasteiger partial charge < -0.3 is 34.1 Å². The van der Waals surface area contributed by atoms with Gasteiger partial charge in [0.15, 0.2) is 0 Å². The van der Waals surface area contributed by atoms with E-state index >= 15 is 0 Å². The lowest BCUT2D eigenvalue weighted by atomic mass is 9.78. The third-order valence-corrected chi connectivity index (χ3v) is 9.79. The van der Waals surface area contributed by atoms with E-state index < -0.39 is 23.2 Å². The Hall–Kier alpha value is -3.42. The molecule has 1 aromatic heterocycles. The number of hydrogen-bond acceptors (Lipinski definition) is 8. The van der Waals surface area contributed by atoms with Crippen molar-refractivity contribution in [1.29, 1.82) is 0 Å². The van der Waals surface area contributed by atoms with Crippen LogP contribution in [0.25, 0.3) is 0 Å². The largest absolute Gasteiger partial charge is 0.497 e. The van der Waals surface area contributed by atoms with Crippen LogP contribution in [0, 0.1) is 11.3 Å². The van der Waals surface area contributed by atoms with E-state index in [0.29, 0.717) is 62.6 Å². The molecule has 1 N–H and O–H groups in total. The number of ether oxygens (including phenoxy) is 4. The lowest BCUT2D eigenvalue weighted by Crippen LogP contribution is -2.52. The molecule has 4 heterocycles. The maximum absolute atomic E-state index is 14.5. The van der Waals surface area contributed by atoms with Crippen LogP contribution in [0.1, 0.15) is 41.6 Å². The number of aromatic nitrogens is 1. The first-order chi connectivity index (χ1) is 21.6. The minimum absolute atomic E-state index is 0.00717. The Morgan fingerprint density at radius 3 is 2.71 bits per heavy atom. The Morgan fingerprint density at radius 2 is 1.98 bits per heavy atom. The highest BCUT2D eigenvalue weighted by molar-refractivity contribution is 5.86. The fourth-order valence-corrected chi connectivity index (χ4v) is 7.43. The molecule has 0 spiro atoms. The van der Waals surface area contributed by atoms with Gasteiger partial charge in [-0.2, -0.15) is 13.2 Å². The Balaban J connectivity index is 1.20. The number of carbonyl (C=O) groups excluding carboxylic acids is 2. The predicted molar refractivity (Wildman–Crippen MR) is 155 cm³/mol. The van der Waals surface area contributed by atoms with Crippen LogP contribution in [0.4, 0.5) is 18.0 Å². The maximum Gasteiger partial charge on any atom is 0.417 e. The van der Waals surface area contributed by atoms with E-state index in [1.165, 1.54) is 0 Å². The molecule has 2 unspecified atom stereocenters. The number of nitrogens with one attached hydrogen (secondary N) is 1. The average Bonchev–Trinajstić information content (AvgIpc) is 3.58. The van der Waals surface area contributed by atoms with Gasteiger partial charge in [0, 0.05) is 70.3 Å². The number of methoxy groups -OCH3 is 2. The Morgan fingerprint density at radius 1 is 1.18 bits per heavy atom. The molecule has 3 fully saturated rings. The molecule has 13 heteroatoms. The summed E-state index contributed by atoms with van der Waals surface area (Å²) in [5.74, 6) is 0.419. The van der Waals surface area contributed by atoms with Gasteiger partial charge in [-0.25, -0.2) is 4.79 Å². The van der Waals surface area contributed by atoms with Crippen LogP contribution in [-0.2, 0) is 44.8 Å². The molecule has 2 aromatic rings. The fraction of sp³-hybridized carbons (Fsp3) is 0.594. The SMILES string of the molecule is COc1ccc(COC(=O)N2C[C@H]3C[C@H](NC4CCOCC4OC)C[C@]3(C(=O)N3CCc4ncc(C(F)(F)F)cc4C3)C2)cc1. The van der Waals surface area contributed by atoms with Crippen molar-refractivity contribution < 1.29 is 41.7 Å². The number of rotatable bonds is 7. The van der Waals surface area contributed by atoms with E-state index in [0.717, 1.165) is 24.2 Å². The van der Waals surface area contributed by atoms with Gasteiger partial charge in [-0.15, -0.1) is 0 Å². The first kappa shape index (κ1) is 31.6. The van der Waals surface area contributed by atoms with Crippen LogP contribution in [0.15, 0.2) is 36.5 Å². The van der Waals surface area contributed by atoms with Gasteiger partial charge in [0.05, 0.1) is 30.8 Å². The Kier molecular flexibility index (Phi) is 8.95. The van der Waals surface area contributed by atoms with E-state index in [2.05, 4.69) is 10.3 Å². The molecule has 2 saturated heterocycles. The highest BCUT2D eigenvalue weighted by Gasteiger charge is 2.60. The summed E-state index contributed by atoms with van der Waals surface area (Å²) in [6, 6.07) is 8.41. The van der Waals surface area contributed by atoms with E-state index in [9.17, 15) is 22.8 Å². The van der Waals surface area contributed by atoms with Gasteiger partial charge >= 0.3 is 12.3 Å². The predicted octanol–water partition coefficient (Wildman–Crippen LogP) is 3.80. The molecule has 1 aromatic carbocycles. The van der Waals surface area contributed by atoms with Crippen molar-refractivity contribution in [2.75, 3.05) is 47.1 Å². The minimum Gasteiger partial charge on any atom is -0.497 e. The molecule has 0 radical (unpaired) electrons. The fourth-order valence-electron chi connectivity index (χ4n) is 7.43. The molecule has 1 aliphatic carbocycles. The third kappa shape index (κ3) is 6.48. The highest BCUT2D eigenvalue weighted by Crippen LogP contribution is 2.51. The summed E-state index contributed by atoms with van der Waals surface area (Å²) in [7, 11) is 3.24. The van der Waals surface area contributed by atoms with Crippen molar-refractivity contribution in [3.05, 3.63) is 58.9 Å². The first-order valence-electron chi connectivity index (χ1n) is 15.3. The second-order valence-electron chi connectivity index (χ2n) is 12.5. The van der Waals surface area contributed by atoms with Crippen molar-refractivity contribution in [1.82, 2.24) is 20.1 Å². The second-order valence-corrected chi connectivity index (χ2v) is 12.5. The number of hydrogen-bond donors (Lipinski definition) is 1. The zero-order chi connectivity index (χ0) is 31.8. The number of amides is 2. The highest BCUT2D eigenvalue weighted by atomic mass is 19.4. The summed E-state index contributed by atoms with van der Waals surface area (Å²) >= 11 is 0. The summed E-state index contributed by atoms with van der Waals surface area (Å²) in [6.45, 7) is 2.12. The first-order valence-corrected chi connectivity index (χ1v) is 15.3. The molecule has 45 heavy (non-hydrogen) atoms. The van der Waals surface area contributed by atoms with Crippen LogP contribution in [0.3, 0.4) is 0 Å². The molecule has 3 aliphatic heterocycles. The molecule has 6 rings (SSSR count). The number of carbonyl (C=O) groups is 2. The molecular weight excluding hydrogens is 593 g/mol. The van der Waals surface area contributed by atoms with Crippen molar-refractivity contribution in [3.8, 4) is 5.75 Å². The summed E-state index contributed by atoms with van der Waals surface area (Å²) in [5.41, 5.74) is 0.0716. The minimum atomic E-state index is -4.52. The van der Waals surface area contributed by atoms with E-state index in [4.69, 9.17) is 18.9 Å². The lowest BCUT2D eigenvalue weighted by molar-refractivity contribution is -0.143. The molecular formula is C32H39F3N4O6. The monoisotopic (exact) mass is 632 g/mol. The zero-order valence-corrected chi connectivity index (χ0v) is 25.5. The van der Waals surface area contributed by atoms with Crippen LogP contribution in [0.5, 0.6) is 5.75 Å². The number of pyridine rings is 1. The summed E-state index contributed by atoms with van der Waals surface area (Å²) in [5, 5.41) is 3.71. The lowest BCUT2D eigenvalue weighted by Gasteiger charge is -2.37. The number of halogens is 3. The summed E-state index contributed by atoms with van der Waals surface area (Å²) in [6.07, 6.45) is -1.95. The number of nitrogens with zero attached hydrogens (tertiary/aromatic N) is 3. The van der Waals surface area contributed by atoms with Gasteiger partial charge in [0.1, 0.15) is 12.4 Å². The van der Waals surface area contributed by atoms with Gasteiger partial charge in [-0.1, -0.05) is 12.1 Å². The van der Waals surface area contributed by atoms with E-state index in [1.807, 2.05) is 12.1 Å². The summed E-state index contributed by atoms with van der Waals surface area (Å²) < 4.78 is 62.4. The molecule has 244 valence electrons. The molecule has 2 amide bonds. The van der Waals surface area contributed by atoms with Crippen molar-refractivity contribution in [3.63, 3.8) is 0 Å². The molecule has 10 nitrogen and oxygen atoms in total. The standard InChI is InChI=1S/C32H39F3N4O6/c1-42-25-5-3-20(4-6-25)17-45-30(41)39-16-23-12-24(37-27-8-10-44-18-28(27)43-2)13-31(23,19-39)29(40)38-9-7-26-21(15-38)11-22(14-36-26)32(33,34)35/h3-6,11,14,23-24,27-28,37H,7-10,12-13,15-19H2,1-2H3/t23-,24+,27?,28?,31+/m1/s1. The topological polar surface area (TPSA) is 102 Å². The van der Waals surface area contributed by atoms with Crippen LogP contribution < -0.4 is 10.1 Å². The number of benzene rings is 1. The van der Waals surface area contributed by atoms with Crippen molar-refractivity contribution >= 4 is 12.0 Å². The molecule has 4 aliphatic rings. The molecule has 1 saturated carbocycles. The van der Waals surface area contributed by atoms with Crippen molar-refractivity contribution in [2.24, 2.45) is 11.3 Å². The van der Waals surface area contributed by atoms with Crippen molar-refractivity contribution in [2.45, 2.75) is 63.2 Å². The average molecular weight is 633 g/mol. The van der Waals surface area contributed by atoms with E-state index in [1.54, 1.807) is 36.2 Å². The number of likely N-dealkylation sites (tertiary alicyclic amines) is 1. The van der Waals surface area contributed by atoms with Gasteiger partial charge in [-0.3, -0.25) is 9.78 Å². The van der Waals surface area contributed by atoms with Gasteiger partial charge in [0.2, 0.25) is 5.91 Å². The van der Waals surface area contributed by atoms with E-state index in [-0.39, 0.29) is 49.7 Å².